The first-order chi connectivity index (χ1) is 12.8. The van der Waals surface area contributed by atoms with Gasteiger partial charge in [-0.3, -0.25) is 4.79 Å². The molecule has 0 radical (unpaired) electrons. The highest BCUT2D eigenvalue weighted by molar-refractivity contribution is 5.78. The van der Waals surface area contributed by atoms with Crippen molar-refractivity contribution in [3.8, 4) is 0 Å². The van der Waals surface area contributed by atoms with Crippen molar-refractivity contribution in [2.75, 3.05) is 0 Å². The Morgan fingerprint density at radius 3 is 1.58 bits per heavy atom. The fourth-order valence-electron chi connectivity index (χ4n) is 3.64. The maximum Gasteiger partial charge on any atom is 0.132 e. The number of carbonyl (C=O) groups is 1. The molecule has 26 heavy (non-hydrogen) atoms. The van der Waals surface area contributed by atoms with Crippen LogP contribution in [0.15, 0.2) is 30.3 Å². The fraction of sp³-hybridized carbons (Fsp3) is 0.720. The maximum atomic E-state index is 11.4. The largest absolute Gasteiger partial charge is 0.300 e. The SMILES string of the molecule is CCCC(=O)CCCCCCCCCCCCCCCc1ccccc1. The molecule has 0 atom stereocenters. The van der Waals surface area contributed by atoms with E-state index in [1.807, 2.05) is 0 Å². The van der Waals surface area contributed by atoms with Crippen molar-refractivity contribution in [1.82, 2.24) is 0 Å². The number of carbonyl (C=O) groups excluding carboxylic acids is 1. The second-order valence-corrected chi connectivity index (χ2v) is 7.87. The first-order valence-electron chi connectivity index (χ1n) is 11.4. The van der Waals surface area contributed by atoms with Crippen molar-refractivity contribution >= 4 is 5.78 Å². The summed E-state index contributed by atoms with van der Waals surface area (Å²) in [5.41, 5.74) is 1.49. The summed E-state index contributed by atoms with van der Waals surface area (Å²) in [6.45, 7) is 2.09. The van der Waals surface area contributed by atoms with Gasteiger partial charge >= 0.3 is 0 Å². The molecule has 0 unspecified atom stereocenters. The van der Waals surface area contributed by atoms with Crippen LogP contribution in [0.4, 0.5) is 0 Å². The molecule has 1 heteroatoms. The topological polar surface area (TPSA) is 17.1 Å². The number of unbranched alkanes of at least 4 members (excludes halogenated alkanes) is 12. The average molecular weight is 359 g/mol. The van der Waals surface area contributed by atoms with Crippen LogP contribution in [0.2, 0.25) is 0 Å². The zero-order valence-electron chi connectivity index (χ0n) is 17.3. The molecular formula is C25H42O. The van der Waals surface area contributed by atoms with Crippen LogP contribution < -0.4 is 0 Å². The highest BCUT2D eigenvalue weighted by Gasteiger charge is 1.99. The molecule has 0 amide bonds. The van der Waals surface area contributed by atoms with E-state index in [9.17, 15) is 4.79 Å². The molecule has 148 valence electrons. The van der Waals surface area contributed by atoms with E-state index in [-0.39, 0.29) is 0 Å². The first kappa shape index (κ1) is 22.9. The van der Waals surface area contributed by atoms with Crippen LogP contribution in [0.3, 0.4) is 0 Å². The molecule has 0 N–H and O–H groups in total. The molecule has 0 aliphatic heterocycles. The van der Waals surface area contributed by atoms with Crippen LogP contribution in [0.5, 0.6) is 0 Å². The Morgan fingerprint density at radius 1 is 0.615 bits per heavy atom. The van der Waals surface area contributed by atoms with Gasteiger partial charge in [0.1, 0.15) is 5.78 Å². The Bertz CT molecular complexity index is 423. The summed E-state index contributed by atoms with van der Waals surface area (Å²) < 4.78 is 0. The lowest BCUT2D eigenvalue weighted by atomic mass is 10.0. The van der Waals surface area contributed by atoms with E-state index in [1.165, 1.54) is 89.0 Å². The third kappa shape index (κ3) is 14.1. The molecule has 0 aliphatic carbocycles. The predicted octanol–water partition coefficient (Wildman–Crippen LogP) is 8.06. The molecule has 0 saturated carbocycles. The summed E-state index contributed by atoms with van der Waals surface area (Å²) in [5, 5.41) is 0. The van der Waals surface area contributed by atoms with Crippen molar-refractivity contribution in [3.63, 3.8) is 0 Å². The summed E-state index contributed by atoms with van der Waals surface area (Å²) in [5.74, 6) is 0.465. The number of Topliss-reactive ketones (excluding diaryl/α,β-unsaturated/α-hetero) is 1. The summed E-state index contributed by atoms with van der Waals surface area (Å²) in [6.07, 6.45) is 21.5. The number of hydrogen-bond acceptors (Lipinski definition) is 1. The molecule has 1 aromatic rings. The van der Waals surface area contributed by atoms with Gasteiger partial charge in [-0.2, -0.15) is 0 Å². The molecule has 0 heterocycles. The summed E-state index contributed by atoms with van der Waals surface area (Å²) in [7, 11) is 0. The van der Waals surface area contributed by atoms with E-state index >= 15 is 0 Å². The maximum absolute atomic E-state index is 11.4. The van der Waals surface area contributed by atoms with Crippen molar-refractivity contribution in [2.24, 2.45) is 0 Å². The van der Waals surface area contributed by atoms with Gasteiger partial charge in [-0.05, 0) is 31.2 Å². The molecule has 1 aromatic carbocycles. The minimum absolute atomic E-state index is 0.465. The van der Waals surface area contributed by atoms with Gasteiger partial charge in [0.15, 0.2) is 0 Å². The van der Waals surface area contributed by atoms with Gasteiger partial charge in [0.25, 0.3) is 0 Å². The van der Waals surface area contributed by atoms with E-state index in [0.717, 1.165) is 25.7 Å². The van der Waals surface area contributed by atoms with Crippen LogP contribution in [0, 0.1) is 0 Å². The monoisotopic (exact) mass is 358 g/mol. The number of benzene rings is 1. The quantitative estimate of drug-likeness (QED) is 0.242. The smallest absolute Gasteiger partial charge is 0.132 e. The Kier molecular flexibility index (Phi) is 15.3. The summed E-state index contributed by atoms with van der Waals surface area (Å²) in [4.78, 5) is 11.4. The second kappa shape index (κ2) is 17.3. The van der Waals surface area contributed by atoms with Crippen LogP contribution in [0.1, 0.15) is 115 Å². The lowest BCUT2D eigenvalue weighted by Crippen LogP contribution is -1.96. The minimum atomic E-state index is 0.465. The molecule has 0 aromatic heterocycles. The van der Waals surface area contributed by atoms with Gasteiger partial charge in [0.05, 0.1) is 0 Å². The van der Waals surface area contributed by atoms with E-state index in [2.05, 4.69) is 37.3 Å². The Balaban J connectivity index is 1.72. The van der Waals surface area contributed by atoms with Crippen LogP contribution in [-0.4, -0.2) is 5.78 Å². The standard InChI is InChI=1S/C25H42O/c1-2-19-25(26)23-18-13-11-9-7-5-3-4-6-8-10-12-15-20-24-21-16-14-17-22-24/h14,16-17,21-22H,2-13,15,18-20,23H2,1H3. The van der Waals surface area contributed by atoms with Gasteiger partial charge in [-0.1, -0.05) is 108 Å². The Hall–Kier alpha value is -1.11. The Labute approximate surface area is 163 Å². The molecule has 1 rings (SSSR count). The number of aryl methyl sites for hydroxylation is 1. The molecule has 0 saturated heterocycles. The minimum Gasteiger partial charge on any atom is -0.300 e. The molecule has 0 bridgehead atoms. The van der Waals surface area contributed by atoms with E-state index in [1.54, 1.807) is 0 Å². The number of hydrogen-bond donors (Lipinski definition) is 0. The second-order valence-electron chi connectivity index (χ2n) is 7.87. The van der Waals surface area contributed by atoms with Crippen molar-refractivity contribution in [3.05, 3.63) is 35.9 Å². The van der Waals surface area contributed by atoms with Crippen molar-refractivity contribution in [1.29, 1.82) is 0 Å². The lowest BCUT2D eigenvalue weighted by molar-refractivity contribution is -0.119. The molecule has 0 fully saturated rings. The third-order valence-corrected chi connectivity index (χ3v) is 5.29. The molecule has 0 spiro atoms. The lowest BCUT2D eigenvalue weighted by Gasteiger charge is -2.04. The number of ketones is 1. The number of rotatable bonds is 18. The highest BCUT2D eigenvalue weighted by Crippen LogP contribution is 2.14. The van der Waals surface area contributed by atoms with E-state index in [4.69, 9.17) is 0 Å². The average Bonchev–Trinajstić information content (AvgIpc) is 2.66. The predicted molar refractivity (Wildman–Crippen MR) is 115 cm³/mol. The Morgan fingerprint density at radius 2 is 1.08 bits per heavy atom. The summed E-state index contributed by atoms with van der Waals surface area (Å²) in [6, 6.07) is 10.9. The van der Waals surface area contributed by atoms with Gasteiger partial charge < -0.3 is 0 Å². The zero-order valence-corrected chi connectivity index (χ0v) is 17.3. The van der Waals surface area contributed by atoms with E-state index < -0.39 is 0 Å². The van der Waals surface area contributed by atoms with Gasteiger partial charge in [0.2, 0.25) is 0 Å². The normalized spacial score (nSPS) is 11.0. The van der Waals surface area contributed by atoms with E-state index in [0.29, 0.717) is 5.78 Å². The van der Waals surface area contributed by atoms with Gasteiger partial charge in [0, 0.05) is 12.8 Å². The fourth-order valence-corrected chi connectivity index (χ4v) is 3.64. The van der Waals surface area contributed by atoms with Crippen LogP contribution >= 0.6 is 0 Å². The zero-order chi connectivity index (χ0) is 18.7. The highest BCUT2D eigenvalue weighted by atomic mass is 16.1. The van der Waals surface area contributed by atoms with Crippen LogP contribution in [0.25, 0.3) is 0 Å². The van der Waals surface area contributed by atoms with Gasteiger partial charge in [-0.15, -0.1) is 0 Å². The molecule has 1 nitrogen and oxygen atoms in total. The van der Waals surface area contributed by atoms with Crippen molar-refractivity contribution < 1.29 is 4.79 Å². The molecular weight excluding hydrogens is 316 g/mol. The van der Waals surface area contributed by atoms with Crippen molar-refractivity contribution in [2.45, 2.75) is 116 Å². The first-order valence-corrected chi connectivity index (χ1v) is 11.4. The summed E-state index contributed by atoms with van der Waals surface area (Å²) >= 11 is 0. The van der Waals surface area contributed by atoms with Gasteiger partial charge in [-0.25, -0.2) is 0 Å². The van der Waals surface area contributed by atoms with Crippen LogP contribution in [-0.2, 0) is 11.2 Å². The third-order valence-electron chi connectivity index (χ3n) is 5.29. The molecule has 0 aliphatic rings.